The summed E-state index contributed by atoms with van der Waals surface area (Å²) in [6, 6.07) is 6.88. The van der Waals surface area contributed by atoms with E-state index < -0.39 is 0 Å². The Hall–Kier alpha value is -1.88. The highest BCUT2D eigenvalue weighted by Gasteiger charge is 2.12. The van der Waals surface area contributed by atoms with Crippen LogP contribution in [0.25, 0.3) is 0 Å². The van der Waals surface area contributed by atoms with E-state index in [-0.39, 0.29) is 23.8 Å². The van der Waals surface area contributed by atoms with Gasteiger partial charge >= 0.3 is 0 Å². The van der Waals surface area contributed by atoms with Crippen LogP contribution in [0, 0.1) is 5.92 Å². The summed E-state index contributed by atoms with van der Waals surface area (Å²) in [6.07, 6.45) is 0.734. The van der Waals surface area contributed by atoms with Crippen LogP contribution >= 0.6 is 0 Å². The molecule has 0 bridgehead atoms. The predicted octanol–water partition coefficient (Wildman–Crippen LogP) is 2.35. The van der Waals surface area contributed by atoms with Crippen molar-refractivity contribution in [2.24, 2.45) is 11.7 Å². The summed E-state index contributed by atoms with van der Waals surface area (Å²) in [5, 5.41) is 5.54. The Labute approximate surface area is 119 Å². The van der Waals surface area contributed by atoms with Gasteiger partial charge in [0.05, 0.1) is 0 Å². The van der Waals surface area contributed by atoms with Crippen LogP contribution in [0.5, 0.6) is 0 Å². The first-order chi connectivity index (χ1) is 9.42. The highest BCUT2D eigenvalue weighted by atomic mass is 16.2. The van der Waals surface area contributed by atoms with Crippen LogP contribution in [0.4, 0.5) is 11.4 Å². The van der Waals surface area contributed by atoms with Gasteiger partial charge in [-0.3, -0.25) is 9.59 Å². The van der Waals surface area contributed by atoms with Crippen molar-refractivity contribution in [1.29, 1.82) is 0 Å². The Kier molecular flexibility index (Phi) is 6.18. The molecule has 0 aliphatic rings. The number of anilines is 2. The molecule has 0 spiro atoms. The first-order valence-electron chi connectivity index (χ1n) is 6.87. The summed E-state index contributed by atoms with van der Waals surface area (Å²) >= 11 is 0. The highest BCUT2D eigenvalue weighted by Crippen LogP contribution is 2.14. The lowest BCUT2D eigenvalue weighted by molar-refractivity contribution is -0.117. The third kappa shape index (κ3) is 5.40. The average molecular weight is 277 g/mol. The Morgan fingerprint density at radius 2 is 1.50 bits per heavy atom. The molecular weight excluding hydrogens is 254 g/mol. The Bertz CT molecular complexity index is 455. The van der Waals surface area contributed by atoms with Gasteiger partial charge in [0.15, 0.2) is 0 Å². The van der Waals surface area contributed by atoms with Crippen LogP contribution in [0.15, 0.2) is 24.3 Å². The third-order valence-electron chi connectivity index (χ3n) is 3.05. The minimum Gasteiger partial charge on any atom is -0.327 e. The van der Waals surface area contributed by atoms with Gasteiger partial charge in [-0.05, 0) is 30.2 Å². The van der Waals surface area contributed by atoms with E-state index in [1.807, 2.05) is 13.8 Å². The molecule has 0 radical (unpaired) electrons. The number of amides is 2. The summed E-state index contributed by atoms with van der Waals surface area (Å²) in [7, 11) is 0. The quantitative estimate of drug-likeness (QED) is 0.746. The summed E-state index contributed by atoms with van der Waals surface area (Å²) < 4.78 is 0. The fraction of sp³-hybridized carbons (Fsp3) is 0.467. The maximum absolute atomic E-state index is 11.8. The van der Waals surface area contributed by atoms with E-state index in [1.165, 1.54) is 0 Å². The van der Waals surface area contributed by atoms with Crippen molar-refractivity contribution in [2.75, 3.05) is 10.6 Å². The van der Waals surface area contributed by atoms with E-state index in [4.69, 9.17) is 5.73 Å². The molecule has 20 heavy (non-hydrogen) atoms. The molecule has 4 N–H and O–H groups in total. The van der Waals surface area contributed by atoms with Gasteiger partial charge in [-0.25, -0.2) is 0 Å². The molecular formula is C15H23N3O2. The second-order valence-electron chi connectivity index (χ2n) is 5.14. The molecule has 0 heterocycles. The van der Waals surface area contributed by atoms with Crippen LogP contribution in [-0.4, -0.2) is 17.9 Å². The van der Waals surface area contributed by atoms with Crippen LogP contribution in [0.2, 0.25) is 0 Å². The zero-order valence-corrected chi connectivity index (χ0v) is 12.3. The van der Waals surface area contributed by atoms with Gasteiger partial charge in [0.2, 0.25) is 11.8 Å². The molecule has 0 fully saturated rings. The van der Waals surface area contributed by atoms with E-state index in [9.17, 15) is 9.59 Å². The minimum atomic E-state index is -0.141. The fourth-order valence-electron chi connectivity index (χ4n) is 1.55. The molecule has 0 saturated carbocycles. The zero-order chi connectivity index (χ0) is 15.1. The second-order valence-corrected chi connectivity index (χ2v) is 5.14. The minimum absolute atomic E-state index is 0.0373. The van der Waals surface area contributed by atoms with Crippen molar-refractivity contribution in [2.45, 2.75) is 39.7 Å². The topological polar surface area (TPSA) is 84.2 Å². The molecule has 2 amide bonds. The van der Waals surface area contributed by atoms with Gasteiger partial charge in [-0.15, -0.1) is 0 Å². The number of nitrogens with one attached hydrogen (secondary N) is 2. The second kappa shape index (κ2) is 7.65. The van der Waals surface area contributed by atoms with Gasteiger partial charge < -0.3 is 16.4 Å². The number of hydrogen-bond donors (Lipinski definition) is 3. The van der Waals surface area contributed by atoms with Crippen molar-refractivity contribution in [3.05, 3.63) is 24.3 Å². The van der Waals surface area contributed by atoms with Crippen LogP contribution in [0.1, 0.15) is 33.6 Å². The first kappa shape index (κ1) is 16.2. The van der Waals surface area contributed by atoms with Crippen molar-refractivity contribution >= 4 is 23.2 Å². The summed E-state index contributed by atoms with van der Waals surface area (Å²) in [4.78, 5) is 23.0. The van der Waals surface area contributed by atoms with E-state index >= 15 is 0 Å². The lowest BCUT2D eigenvalue weighted by atomic mass is 10.0. The van der Waals surface area contributed by atoms with Gasteiger partial charge in [-0.1, -0.05) is 20.8 Å². The lowest BCUT2D eigenvalue weighted by Crippen LogP contribution is -2.31. The molecule has 5 heteroatoms. The number of hydrogen-bond acceptors (Lipinski definition) is 3. The number of carbonyl (C=O) groups excluding carboxylic acids is 2. The summed E-state index contributed by atoms with van der Waals surface area (Å²) in [5.41, 5.74) is 7.27. The van der Waals surface area contributed by atoms with E-state index in [0.29, 0.717) is 24.2 Å². The van der Waals surface area contributed by atoms with Crippen molar-refractivity contribution in [3.8, 4) is 0 Å². The van der Waals surface area contributed by atoms with E-state index in [2.05, 4.69) is 10.6 Å². The maximum atomic E-state index is 11.8. The Balaban J connectivity index is 2.53. The van der Waals surface area contributed by atoms with Crippen molar-refractivity contribution in [3.63, 3.8) is 0 Å². The van der Waals surface area contributed by atoms with Crippen molar-refractivity contribution in [1.82, 2.24) is 0 Å². The summed E-state index contributed by atoms with van der Waals surface area (Å²) in [5.74, 6) is 0.133. The number of rotatable bonds is 6. The molecule has 0 aromatic heterocycles. The van der Waals surface area contributed by atoms with Crippen LogP contribution in [0.3, 0.4) is 0 Å². The number of benzene rings is 1. The van der Waals surface area contributed by atoms with Crippen LogP contribution in [-0.2, 0) is 9.59 Å². The molecule has 0 saturated heterocycles. The van der Waals surface area contributed by atoms with Gasteiger partial charge in [0, 0.05) is 30.3 Å². The third-order valence-corrected chi connectivity index (χ3v) is 3.05. The Morgan fingerprint density at radius 1 is 1.05 bits per heavy atom. The molecule has 1 atom stereocenters. The average Bonchev–Trinajstić information content (AvgIpc) is 2.40. The Morgan fingerprint density at radius 3 is 1.90 bits per heavy atom. The van der Waals surface area contributed by atoms with Gasteiger partial charge in [0.25, 0.3) is 0 Å². The van der Waals surface area contributed by atoms with Gasteiger partial charge in [-0.2, -0.15) is 0 Å². The molecule has 1 unspecified atom stereocenters. The van der Waals surface area contributed by atoms with Gasteiger partial charge in [0.1, 0.15) is 0 Å². The monoisotopic (exact) mass is 277 g/mol. The molecule has 110 valence electrons. The lowest BCUT2D eigenvalue weighted by Gasteiger charge is -2.15. The van der Waals surface area contributed by atoms with E-state index in [1.54, 1.807) is 31.2 Å². The fourth-order valence-corrected chi connectivity index (χ4v) is 1.55. The smallest absolute Gasteiger partial charge is 0.225 e. The molecule has 0 aliphatic heterocycles. The normalized spacial score (nSPS) is 12.1. The number of carbonyl (C=O) groups is 2. The standard InChI is InChI=1S/C15H23N3O2/c1-4-14(19)17-11-5-7-12(8-6-11)18-15(20)9-13(16)10(2)3/h5-8,10,13H,4,9,16H2,1-3H3,(H,17,19)(H,18,20). The predicted molar refractivity (Wildman–Crippen MR) is 81.4 cm³/mol. The zero-order valence-electron chi connectivity index (χ0n) is 12.3. The molecule has 5 nitrogen and oxygen atoms in total. The maximum Gasteiger partial charge on any atom is 0.225 e. The first-order valence-corrected chi connectivity index (χ1v) is 6.87. The SMILES string of the molecule is CCC(=O)Nc1ccc(NC(=O)CC(N)C(C)C)cc1. The van der Waals surface area contributed by atoms with Crippen molar-refractivity contribution < 1.29 is 9.59 Å². The van der Waals surface area contributed by atoms with Crippen LogP contribution < -0.4 is 16.4 Å². The molecule has 1 aromatic rings. The van der Waals surface area contributed by atoms with E-state index in [0.717, 1.165) is 0 Å². The summed E-state index contributed by atoms with van der Waals surface area (Å²) in [6.45, 7) is 5.77. The number of nitrogens with two attached hydrogens (primary N) is 1. The molecule has 1 aromatic carbocycles. The highest BCUT2D eigenvalue weighted by molar-refractivity contribution is 5.93. The molecule has 0 aliphatic carbocycles. The molecule has 1 rings (SSSR count). The largest absolute Gasteiger partial charge is 0.327 e.